The van der Waals surface area contributed by atoms with Crippen LogP contribution in [-0.2, 0) is 14.3 Å². The van der Waals surface area contributed by atoms with E-state index in [1.54, 1.807) is 31.4 Å². The third-order valence-corrected chi connectivity index (χ3v) is 5.68. The molecule has 0 heterocycles. The molecule has 0 spiro atoms. The summed E-state index contributed by atoms with van der Waals surface area (Å²) in [6.45, 7) is 2.65. The normalized spacial score (nSPS) is 19.6. The number of halogens is 1. The fourth-order valence-corrected chi connectivity index (χ4v) is 3.92. The van der Waals surface area contributed by atoms with E-state index in [1.165, 1.54) is 7.11 Å². The molecule has 1 fully saturated rings. The van der Waals surface area contributed by atoms with Crippen LogP contribution in [0.3, 0.4) is 0 Å². The lowest BCUT2D eigenvalue weighted by molar-refractivity contribution is -0.126. The van der Waals surface area contributed by atoms with Gasteiger partial charge in [0.2, 0.25) is 5.91 Å². The van der Waals surface area contributed by atoms with Crippen LogP contribution in [0.25, 0.3) is 0 Å². The van der Waals surface area contributed by atoms with Gasteiger partial charge in [-0.05, 0) is 44.4 Å². The molecule has 0 bridgehead atoms. The number of rotatable bonds is 11. The molecule has 0 saturated heterocycles. The molecule has 1 aliphatic rings. The Labute approximate surface area is 194 Å². The summed E-state index contributed by atoms with van der Waals surface area (Å²) in [4.78, 5) is 24.3. The van der Waals surface area contributed by atoms with E-state index in [1.807, 2.05) is 6.92 Å². The quantitative estimate of drug-likeness (QED) is 0.294. The number of likely N-dealkylation sites (N-methyl/N-ethyl adjacent to an activating group) is 1. The Bertz CT molecular complexity index is 856. The molecule has 1 aromatic carbocycles. The summed E-state index contributed by atoms with van der Waals surface area (Å²) in [5.41, 5.74) is 8.46. The van der Waals surface area contributed by atoms with Gasteiger partial charge in [0.15, 0.2) is 6.29 Å². The Morgan fingerprint density at radius 2 is 2.06 bits per heavy atom. The Morgan fingerprint density at radius 3 is 2.72 bits per heavy atom. The molecule has 2 atom stereocenters. The van der Waals surface area contributed by atoms with Crippen molar-refractivity contribution >= 4 is 29.5 Å². The summed E-state index contributed by atoms with van der Waals surface area (Å²) in [7, 11) is 3.20. The second kappa shape index (κ2) is 13.0. The van der Waals surface area contributed by atoms with Gasteiger partial charge in [-0.3, -0.25) is 9.59 Å². The molecule has 1 amide bonds. The second-order valence-electron chi connectivity index (χ2n) is 7.60. The zero-order valence-corrected chi connectivity index (χ0v) is 19.6. The highest BCUT2D eigenvalue weighted by molar-refractivity contribution is 6.30. The molecule has 2 rings (SSSR count). The van der Waals surface area contributed by atoms with E-state index < -0.39 is 0 Å². The number of allylic oxidation sites excluding steroid dienone is 2. The number of benzene rings is 1. The maximum atomic E-state index is 12.8. The van der Waals surface area contributed by atoms with Crippen molar-refractivity contribution in [3.63, 3.8) is 0 Å². The lowest BCUT2D eigenvalue weighted by Gasteiger charge is -2.29. The van der Waals surface area contributed by atoms with Crippen LogP contribution < -0.4 is 26.4 Å². The molecule has 1 aliphatic carbocycles. The zero-order chi connectivity index (χ0) is 23.5. The molecule has 9 heteroatoms. The molecule has 8 nitrogen and oxygen atoms in total. The van der Waals surface area contributed by atoms with Crippen LogP contribution >= 0.6 is 11.6 Å². The third kappa shape index (κ3) is 7.17. The molecular weight excluding hydrogens is 432 g/mol. The van der Waals surface area contributed by atoms with Gasteiger partial charge in [-0.2, -0.15) is 0 Å². The number of ether oxygens (including phenoxy) is 2. The van der Waals surface area contributed by atoms with E-state index >= 15 is 0 Å². The number of aldehydes is 1. The molecule has 176 valence electrons. The van der Waals surface area contributed by atoms with Gasteiger partial charge in [-0.25, -0.2) is 0 Å². The van der Waals surface area contributed by atoms with E-state index in [4.69, 9.17) is 26.8 Å². The molecule has 0 aliphatic heterocycles. The van der Waals surface area contributed by atoms with E-state index in [0.717, 1.165) is 24.9 Å². The monoisotopic (exact) mass is 464 g/mol. The van der Waals surface area contributed by atoms with Crippen LogP contribution in [0.2, 0.25) is 5.02 Å². The van der Waals surface area contributed by atoms with Gasteiger partial charge < -0.3 is 31.2 Å². The Kier molecular flexibility index (Phi) is 10.4. The van der Waals surface area contributed by atoms with Crippen molar-refractivity contribution in [1.82, 2.24) is 10.6 Å². The van der Waals surface area contributed by atoms with E-state index in [2.05, 4.69) is 16.0 Å². The summed E-state index contributed by atoms with van der Waals surface area (Å²) in [6, 6.07) is 5.35. The molecule has 0 radical (unpaired) electrons. The zero-order valence-electron chi connectivity index (χ0n) is 18.9. The average molecular weight is 465 g/mol. The topological polar surface area (TPSA) is 115 Å². The van der Waals surface area contributed by atoms with Gasteiger partial charge in [-0.15, -0.1) is 0 Å². The number of amides is 1. The number of methoxy groups -OCH3 is 1. The van der Waals surface area contributed by atoms with Gasteiger partial charge in [0, 0.05) is 42.9 Å². The fraction of sp³-hybridized carbons (Fsp3) is 0.478. The molecular formula is C23H33ClN4O4. The number of nitrogens with two attached hydrogens (primary N) is 1. The maximum absolute atomic E-state index is 12.8. The van der Waals surface area contributed by atoms with Crippen LogP contribution in [0.15, 0.2) is 41.5 Å². The Hall–Kier alpha value is -2.71. The van der Waals surface area contributed by atoms with E-state index in [0.29, 0.717) is 41.5 Å². The summed E-state index contributed by atoms with van der Waals surface area (Å²) in [5, 5.41) is 9.40. The van der Waals surface area contributed by atoms with Crippen LogP contribution in [0.4, 0.5) is 5.69 Å². The molecule has 32 heavy (non-hydrogen) atoms. The van der Waals surface area contributed by atoms with Crippen LogP contribution in [0.5, 0.6) is 5.75 Å². The molecule has 2 unspecified atom stereocenters. The first-order chi connectivity index (χ1) is 15.4. The summed E-state index contributed by atoms with van der Waals surface area (Å²) in [6.07, 6.45) is 5.49. The first-order valence-corrected chi connectivity index (χ1v) is 11.1. The number of carbonyl (C=O) groups is 2. The largest absolute Gasteiger partial charge is 0.492 e. The SMILES string of the molecule is CCOc1ccc(Cl)cc1N/C=C(\N)C1CCCC(C(=O)N/C(C=O)=C(\COC)NC)C1. The molecule has 0 aromatic heterocycles. The summed E-state index contributed by atoms with van der Waals surface area (Å²) >= 11 is 6.11. The smallest absolute Gasteiger partial charge is 0.227 e. The highest BCUT2D eigenvalue weighted by atomic mass is 35.5. The first kappa shape index (κ1) is 25.5. The van der Waals surface area contributed by atoms with Crippen molar-refractivity contribution < 1.29 is 19.1 Å². The number of hydrogen-bond acceptors (Lipinski definition) is 7. The average Bonchev–Trinajstić information content (AvgIpc) is 2.81. The van der Waals surface area contributed by atoms with Gasteiger partial charge in [0.05, 0.1) is 24.6 Å². The van der Waals surface area contributed by atoms with E-state index in [-0.39, 0.29) is 30.0 Å². The Balaban J connectivity index is 2.06. The standard InChI is InChI=1S/C23H33ClN4O4/c1-4-32-22-9-8-17(24)11-19(22)27-12-18(25)15-6-5-7-16(10-15)23(30)28-20(13-29)21(26-2)14-31-3/h8-9,11-13,15-16,26-27H,4-7,10,14,25H2,1-3H3,(H,28,30)/b18-12-,21-20+. The van der Waals surface area contributed by atoms with E-state index in [9.17, 15) is 9.59 Å². The van der Waals surface area contributed by atoms with Crippen LogP contribution in [-0.4, -0.2) is 39.6 Å². The first-order valence-electron chi connectivity index (χ1n) is 10.7. The second-order valence-corrected chi connectivity index (χ2v) is 8.04. The van der Waals surface area contributed by atoms with Crippen LogP contribution in [0, 0.1) is 11.8 Å². The number of nitrogens with one attached hydrogen (secondary N) is 3. The minimum absolute atomic E-state index is 0.0492. The van der Waals surface area contributed by atoms with Crippen molar-refractivity contribution in [2.45, 2.75) is 32.6 Å². The predicted octanol–water partition coefficient (Wildman–Crippen LogP) is 3.15. The molecule has 1 aromatic rings. The van der Waals surface area contributed by atoms with Crippen molar-refractivity contribution in [1.29, 1.82) is 0 Å². The minimum atomic E-state index is -0.235. The van der Waals surface area contributed by atoms with Crippen molar-refractivity contribution in [3.8, 4) is 5.75 Å². The van der Waals surface area contributed by atoms with Crippen molar-refractivity contribution in [2.24, 2.45) is 17.6 Å². The lowest BCUT2D eigenvalue weighted by Crippen LogP contribution is -2.36. The van der Waals surface area contributed by atoms with Gasteiger partial charge >= 0.3 is 0 Å². The lowest BCUT2D eigenvalue weighted by atomic mass is 9.79. The Morgan fingerprint density at radius 1 is 1.31 bits per heavy atom. The predicted molar refractivity (Wildman–Crippen MR) is 126 cm³/mol. The third-order valence-electron chi connectivity index (χ3n) is 5.44. The molecule has 1 saturated carbocycles. The van der Waals surface area contributed by atoms with Gasteiger partial charge in [0.1, 0.15) is 11.4 Å². The minimum Gasteiger partial charge on any atom is -0.492 e. The van der Waals surface area contributed by atoms with Crippen molar-refractivity contribution in [3.05, 3.63) is 46.5 Å². The summed E-state index contributed by atoms with van der Waals surface area (Å²) < 4.78 is 10.7. The number of carbonyl (C=O) groups excluding carboxylic acids is 2. The fourth-order valence-electron chi connectivity index (χ4n) is 3.75. The highest BCUT2D eigenvalue weighted by Gasteiger charge is 2.29. The maximum Gasteiger partial charge on any atom is 0.227 e. The van der Waals surface area contributed by atoms with Gasteiger partial charge in [-0.1, -0.05) is 18.0 Å². The number of anilines is 1. The van der Waals surface area contributed by atoms with Crippen molar-refractivity contribution in [2.75, 3.05) is 32.7 Å². The molecule has 5 N–H and O–H groups in total. The van der Waals surface area contributed by atoms with Crippen LogP contribution in [0.1, 0.15) is 32.6 Å². The number of hydrogen-bond donors (Lipinski definition) is 4. The highest BCUT2D eigenvalue weighted by Crippen LogP contribution is 2.33. The van der Waals surface area contributed by atoms with Gasteiger partial charge in [0.25, 0.3) is 0 Å². The summed E-state index contributed by atoms with van der Waals surface area (Å²) in [5.74, 6) is 0.316.